The normalized spacial score (nSPS) is 21.3. The van der Waals surface area contributed by atoms with E-state index in [1.807, 2.05) is 6.07 Å². The van der Waals surface area contributed by atoms with E-state index in [-0.39, 0.29) is 0 Å². The summed E-state index contributed by atoms with van der Waals surface area (Å²) in [6.45, 7) is 3.07. The molecule has 0 atom stereocenters. The summed E-state index contributed by atoms with van der Waals surface area (Å²) in [6, 6.07) is 3.62. The van der Waals surface area contributed by atoms with Gasteiger partial charge < -0.3 is 19.5 Å². The van der Waals surface area contributed by atoms with Crippen molar-refractivity contribution in [2.75, 3.05) is 35.9 Å². The van der Waals surface area contributed by atoms with Gasteiger partial charge in [-0.3, -0.25) is 0 Å². The van der Waals surface area contributed by atoms with Gasteiger partial charge in [0.2, 0.25) is 0 Å². The van der Waals surface area contributed by atoms with E-state index in [2.05, 4.69) is 14.6 Å². The van der Waals surface area contributed by atoms with Gasteiger partial charge in [-0.05, 0) is 30.9 Å². The number of nitrogens with one attached hydrogen (secondary N) is 1. The molecule has 2 N–H and O–H groups in total. The van der Waals surface area contributed by atoms with Crippen molar-refractivity contribution in [2.45, 2.75) is 17.8 Å². The molecule has 2 fully saturated rings. The first kappa shape index (κ1) is 13.3. The highest BCUT2D eigenvalue weighted by atomic mass is 35.5. The van der Waals surface area contributed by atoms with Crippen LogP contribution in [-0.2, 0) is 4.74 Å². The third-order valence-electron chi connectivity index (χ3n) is 3.13. The van der Waals surface area contributed by atoms with Crippen LogP contribution in [0.25, 0.3) is 0 Å². The van der Waals surface area contributed by atoms with Crippen molar-refractivity contribution in [3.05, 3.63) is 17.2 Å². The molecule has 7 heteroatoms. The Labute approximate surface area is 121 Å². The standard InChI is InChI=1S/C12H16ClN3O2S/c13-9-7-10(15-19-12(17)1-2-12)14-11(8-9)16-3-5-18-6-4-16/h7-8,17H,1-6H2,(H,14,15). The molecule has 1 aliphatic heterocycles. The van der Waals surface area contributed by atoms with Crippen molar-refractivity contribution in [3.63, 3.8) is 0 Å². The van der Waals surface area contributed by atoms with E-state index in [9.17, 15) is 5.11 Å². The fourth-order valence-corrected chi connectivity index (χ4v) is 2.75. The minimum absolute atomic E-state index is 0.622. The van der Waals surface area contributed by atoms with Gasteiger partial charge in [-0.25, -0.2) is 4.98 Å². The third-order valence-corrected chi connectivity index (χ3v) is 4.45. The van der Waals surface area contributed by atoms with Gasteiger partial charge in [0.15, 0.2) is 0 Å². The number of morpholine rings is 1. The van der Waals surface area contributed by atoms with E-state index in [0.717, 1.165) is 31.7 Å². The van der Waals surface area contributed by atoms with Gasteiger partial charge in [0.1, 0.15) is 16.6 Å². The number of anilines is 2. The van der Waals surface area contributed by atoms with E-state index in [4.69, 9.17) is 16.3 Å². The zero-order valence-electron chi connectivity index (χ0n) is 10.4. The Hall–Kier alpha value is -0.690. The summed E-state index contributed by atoms with van der Waals surface area (Å²) < 4.78 is 8.41. The molecule has 1 saturated carbocycles. The monoisotopic (exact) mass is 301 g/mol. The van der Waals surface area contributed by atoms with Crippen LogP contribution in [0, 0.1) is 0 Å². The average Bonchev–Trinajstić information content (AvgIpc) is 3.16. The number of hydrogen-bond acceptors (Lipinski definition) is 6. The predicted molar refractivity (Wildman–Crippen MR) is 77.7 cm³/mol. The molecular formula is C12H16ClN3O2S. The van der Waals surface area contributed by atoms with Crippen LogP contribution in [0.5, 0.6) is 0 Å². The van der Waals surface area contributed by atoms with Gasteiger partial charge in [-0.2, -0.15) is 0 Å². The summed E-state index contributed by atoms with van der Waals surface area (Å²) in [5.74, 6) is 1.53. The summed E-state index contributed by atoms with van der Waals surface area (Å²) >= 11 is 7.43. The third kappa shape index (κ3) is 3.45. The minimum atomic E-state index is -0.622. The summed E-state index contributed by atoms with van der Waals surface area (Å²) in [5.41, 5.74) is 0. The quantitative estimate of drug-likeness (QED) is 0.656. The molecule has 2 aliphatic rings. The van der Waals surface area contributed by atoms with E-state index < -0.39 is 4.93 Å². The van der Waals surface area contributed by atoms with Gasteiger partial charge in [-0.1, -0.05) is 11.6 Å². The Morgan fingerprint density at radius 2 is 2.11 bits per heavy atom. The van der Waals surface area contributed by atoms with Crippen LogP contribution in [0.4, 0.5) is 11.6 Å². The SMILES string of the molecule is OC1(SNc2cc(Cl)cc(N3CCOCC3)n2)CC1. The predicted octanol–water partition coefficient (Wildman–Crippen LogP) is 2.11. The second-order valence-electron chi connectivity index (χ2n) is 4.78. The van der Waals surface area contributed by atoms with E-state index in [0.29, 0.717) is 24.1 Å². The van der Waals surface area contributed by atoms with Crippen LogP contribution in [0.15, 0.2) is 12.1 Å². The molecule has 0 bridgehead atoms. The van der Waals surface area contributed by atoms with Gasteiger partial charge in [-0.15, -0.1) is 0 Å². The highest BCUT2D eigenvalue weighted by molar-refractivity contribution is 8.02. The number of nitrogens with zero attached hydrogens (tertiary/aromatic N) is 2. The lowest BCUT2D eigenvalue weighted by molar-refractivity contribution is 0.122. The summed E-state index contributed by atoms with van der Waals surface area (Å²) in [5, 5.41) is 10.4. The van der Waals surface area contributed by atoms with E-state index in [1.54, 1.807) is 6.07 Å². The molecule has 1 saturated heterocycles. The molecule has 0 amide bonds. The summed E-state index contributed by atoms with van der Waals surface area (Å²) in [4.78, 5) is 6.06. The zero-order valence-corrected chi connectivity index (χ0v) is 12.0. The Morgan fingerprint density at radius 1 is 1.37 bits per heavy atom. The number of ether oxygens (including phenoxy) is 1. The second-order valence-corrected chi connectivity index (χ2v) is 6.38. The molecular weight excluding hydrogens is 286 g/mol. The molecule has 1 aromatic rings. The van der Waals surface area contributed by atoms with Crippen LogP contribution in [-0.4, -0.2) is 41.3 Å². The Balaban J connectivity index is 1.71. The number of pyridine rings is 1. The van der Waals surface area contributed by atoms with Gasteiger partial charge in [0, 0.05) is 24.2 Å². The Morgan fingerprint density at radius 3 is 2.79 bits per heavy atom. The van der Waals surface area contributed by atoms with Crippen molar-refractivity contribution in [3.8, 4) is 0 Å². The highest BCUT2D eigenvalue weighted by Crippen LogP contribution is 2.45. The Kier molecular flexibility index (Phi) is 3.75. The highest BCUT2D eigenvalue weighted by Gasteiger charge is 2.41. The zero-order chi connectivity index (χ0) is 13.3. The fourth-order valence-electron chi connectivity index (χ4n) is 1.85. The number of hydrogen-bond donors (Lipinski definition) is 2. The Bertz CT molecular complexity index is 464. The molecule has 104 valence electrons. The molecule has 2 heterocycles. The second kappa shape index (κ2) is 5.36. The number of aliphatic hydroxyl groups is 1. The van der Waals surface area contributed by atoms with Crippen LogP contribution >= 0.6 is 23.5 Å². The van der Waals surface area contributed by atoms with Crippen LogP contribution in [0.1, 0.15) is 12.8 Å². The lowest BCUT2D eigenvalue weighted by Crippen LogP contribution is -2.36. The van der Waals surface area contributed by atoms with Crippen molar-refractivity contribution >= 4 is 35.2 Å². The molecule has 0 unspecified atom stereocenters. The molecule has 0 spiro atoms. The molecule has 5 nitrogen and oxygen atoms in total. The van der Waals surface area contributed by atoms with Crippen LogP contribution in [0.2, 0.25) is 5.02 Å². The van der Waals surface area contributed by atoms with E-state index >= 15 is 0 Å². The first-order valence-electron chi connectivity index (χ1n) is 6.31. The smallest absolute Gasteiger partial charge is 0.139 e. The first-order valence-corrected chi connectivity index (χ1v) is 7.51. The summed E-state index contributed by atoms with van der Waals surface area (Å²) in [7, 11) is 0. The lowest BCUT2D eigenvalue weighted by Gasteiger charge is -2.28. The van der Waals surface area contributed by atoms with Crippen molar-refractivity contribution < 1.29 is 9.84 Å². The molecule has 19 heavy (non-hydrogen) atoms. The number of aromatic nitrogens is 1. The minimum Gasteiger partial charge on any atom is -0.378 e. The first-order chi connectivity index (χ1) is 9.15. The van der Waals surface area contributed by atoms with Gasteiger partial charge >= 0.3 is 0 Å². The summed E-state index contributed by atoms with van der Waals surface area (Å²) in [6.07, 6.45) is 1.64. The maximum Gasteiger partial charge on any atom is 0.139 e. The molecule has 0 radical (unpaired) electrons. The molecule has 1 aromatic heterocycles. The van der Waals surface area contributed by atoms with Crippen molar-refractivity contribution in [1.29, 1.82) is 0 Å². The topological polar surface area (TPSA) is 57.6 Å². The molecule has 1 aliphatic carbocycles. The van der Waals surface area contributed by atoms with Crippen molar-refractivity contribution in [1.82, 2.24) is 4.98 Å². The fraction of sp³-hybridized carbons (Fsp3) is 0.583. The maximum atomic E-state index is 9.79. The van der Waals surface area contributed by atoms with Crippen LogP contribution < -0.4 is 9.62 Å². The van der Waals surface area contributed by atoms with Crippen LogP contribution in [0.3, 0.4) is 0 Å². The lowest BCUT2D eigenvalue weighted by atomic mass is 10.3. The van der Waals surface area contributed by atoms with Crippen molar-refractivity contribution in [2.24, 2.45) is 0 Å². The largest absolute Gasteiger partial charge is 0.378 e. The maximum absolute atomic E-state index is 9.79. The average molecular weight is 302 g/mol. The van der Waals surface area contributed by atoms with Gasteiger partial charge in [0.05, 0.1) is 13.2 Å². The van der Waals surface area contributed by atoms with Gasteiger partial charge in [0.25, 0.3) is 0 Å². The molecule has 3 rings (SSSR count). The van der Waals surface area contributed by atoms with E-state index in [1.165, 1.54) is 11.9 Å². The number of rotatable bonds is 4. The molecule has 0 aromatic carbocycles. The number of halogens is 1.